The highest BCUT2D eigenvalue weighted by Gasteiger charge is 2.17. The van der Waals surface area contributed by atoms with Crippen molar-refractivity contribution in [3.05, 3.63) is 0 Å². The third kappa shape index (κ3) is 3.92. The second kappa shape index (κ2) is 6.51. The fourth-order valence-corrected chi connectivity index (χ4v) is 1.96. The van der Waals surface area contributed by atoms with E-state index in [0.29, 0.717) is 25.2 Å². The van der Waals surface area contributed by atoms with Crippen LogP contribution in [0, 0.1) is 0 Å². The van der Waals surface area contributed by atoms with Gasteiger partial charge in [-0.05, 0) is 13.3 Å². The summed E-state index contributed by atoms with van der Waals surface area (Å²) < 4.78 is 11.0. The molecule has 0 saturated carbocycles. The van der Waals surface area contributed by atoms with Crippen LogP contribution in [0.5, 0.6) is 6.01 Å². The molecule has 2 heterocycles. The Balaban J connectivity index is 2.09. The first-order chi connectivity index (χ1) is 9.19. The molecule has 0 bridgehead atoms. The predicted octanol–water partition coefficient (Wildman–Crippen LogP) is 0.858. The number of rotatable bonds is 5. The Morgan fingerprint density at radius 2 is 2.05 bits per heavy atom. The van der Waals surface area contributed by atoms with Gasteiger partial charge < -0.3 is 20.1 Å². The molecule has 1 aliphatic rings. The average Bonchev–Trinajstić information content (AvgIpc) is 2.39. The lowest BCUT2D eigenvalue weighted by atomic mass is 10.2. The summed E-state index contributed by atoms with van der Waals surface area (Å²) in [6.07, 6.45) is 2.08. The average molecular weight is 267 g/mol. The number of hydrogen-bond acceptors (Lipinski definition) is 7. The molecule has 0 radical (unpaired) electrons. The molecule has 19 heavy (non-hydrogen) atoms. The van der Waals surface area contributed by atoms with Crippen molar-refractivity contribution < 1.29 is 9.47 Å². The predicted molar refractivity (Wildman–Crippen MR) is 72.3 cm³/mol. The summed E-state index contributed by atoms with van der Waals surface area (Å²) in [6.45, 7) is 6.97. The Bertz CT molecular complexity index is 409. The zero-order valence-electron chi connectivity index (χ0n) is 11.5. The van der Waals surface area contributed by atoms with Gasteiger partial charge in [0.05, 0.1) is 19.3 Å². The van der Waals surface area contributed by atoms with Crippen LogP contribution >= 0.6 is 0 Å². The Labute approximate surface area is 113 Å². The van der Waals surface area contributed by atoms with Gasteiger partial charge in [0.25, 0.3) is 0 Å². The molecular weight excluding hydrogens is 246 g/mol. The summed E-state index contributed by atoms with van der Waals surface area (Å²) in [6, 6.07) is 0.301. The highest BCUT2D eigenvalue weighted by molar-refractivity contribution is 5.36. The largest absolute Gasteiger partial charge is 0.460 e. The summed E-state index contributed by atoms with van der Waals surface area (Å²) >= 11 is 0. The zero-order valence-corrected chi connectivity index (χ0v) is 11.5. The van der Waals surface area contributed by atoms with Gasteiger partial charge in [0.1, 0.15) is 0 Å². The van der Waals surface area contributed by atoms with Crippen molar-refractivity contribution in [2.75, 3.05) is 36.9 Å². The highest BCUT2D eigenvalue weighted by Crippen LogP contribution is 2.16. The Hall–Kier alpha value is -1.63. The van der Waals surface area contributed by atoms with Gasteiger partial charge in [0, 0.05) is 13.1 Å². The fraction of sp³-hybridized carbons (Fsp3) is 0.750. The molecule has 2 N–H and O–H groups in total. The second-order valence-corrected chi connectivity index (χ2v) is 4.59. The van der Waals surface area contributed by atoms with Gasteiger partial charge >= 0.3 is 6.01 Å². The van der Waals surface area contributed by atoms with Crippen LogP contribution in [0.25, 0.3) is 0 Å². The maximum atomic E-state index is 5.72. The minimum Gasteiger partial charge on any atom is -0.460 e. The van der Waals surface area contributed by atoms with Crippen molar-refractivity contribution >= 4 is 11.9 Å². The van der Waals surface area contributed by atoms with Gasteiger partial charge in [-0.3, -0.25) is 0 Å². The van der Waals surface area contributed by atoms with E-state index in [9.17, 15) is 0 Å². The number of nitrogen functional groups attached to an aromatic ring is 1. The normalized spacial score (nSPS) is 17.3. The number of nitrogens with two attached hydrogens (primary N) is 1. The molecule has 1 unspecified atom stereocenters. The van der Waals surface area contributed by atoms with Crippen LogP contribution in [0.3, 0.4) is 0 Å². The van der Waals surface area contributed by atoms with Crippen molar-refractivity contribution in [1.29, 1.82) is 0 Å². The van der Waals surface area contributed by atoms with E-state index in [2.05, 4.69) is 21.9 Å². The van der Waals surface area contributed by atoms with E-state index in [1.54, 1.807) is 0 Å². The number of hydrogen-bond donors (Lipinski definition) is 1. The van der Waals surface area contributed by atoms with E-state index in [4.69, 9.17) is 15.2 Å². The summed E-state index contributed by atoms with van der Waals surface area (Å²) in [7, 11) is 0. The minimum atomic E-state index is 0.0735. The molecule has 7 nitrogen and oxygen atoms in total. The minimum absolute atomic E-state index is 0.0735. The third-order valence-electron chi connectivity index (χ3n) is 2.92. The molecule has 0 aliphatic carbocycles. The summed E-state index contributed by atoms with van der Waals surface area (Å²) in [5.41, 5.74) is 5.72. The molecule has 0 aromatic carbocycles. The summed E-state index contributed by atoms with van der Waals surface area (Å²) in [4.78, 5) is 14.5. The number of nitrogens with zero attached hydrogens (tertiary/aromatic N) is 4. The zero-order chi connectivity index (χ0) is 13.7. The standard InChI is InChI=1S/C12H21N5O2/c1-3-4-9(2)19-12-15-10(13)14-11(16-12)17-5-7-18-8-6-17/h9H,3-8H2,1-2H3,(H2,13,14,15,16). The number of anilines is 2. The van der Waals surface area contributed by atoms with E-state index in [-0.39, 0.29) is 12.1 Å². The molecule has 1 saturated heterocycles. The van der Waals surface area contributed by atoms with Crippen LogP contribution in [0.15, 0.2) is 0 Å². The van der Waals surface area contributed by atoms with Crippen LogP contribution < -0.4 is 15.4 Å². The molecule has 2 rings (SSSR count). The van der Waals surface area contributed by atoms with Crippen molar-refractivity contribution in [1.82, 2.24) is 15.0 Å². The molecule has 1 atom stereocenters. The first-order valence-electron chi connectivity index (χ1n) is 6.70. The topological polar surface area (TPSA) is 86.4 Å². The van der Waals surface area contributed by atoms with Crippen LogP contribution in [0.1, 0.15) is 26.7 Å². The number of aromatic nitrogens is 3. The molecule has 7 heteroatoms. The Morgan fingerprint density at radius 3 is 2.74 bits per heavy atom. The lowest BCUT2D eigenvalue weighted by Gasteiger charge is -2.26. The van der Waals surface area contributed by atoms with Gasteiger partial charge in [-0.25, -0.2) is 0 Å². The molecule has 106 valence electrons. The second-order valence-electron chi connectivity index (χ2n) is 4.59. The molecule has 1 aliphatic heterocycles. The lowest BCUT2D eigenvalue weighted by Crippen LogP contribution is -2.37. The Kier molecular flexibility index (Phi) is 4.73. The first kappa shape index (κ1) is 13.8. The van der Waals surface area contributed by atoms with Crippen molar-refractivity contribution in [2.24, 2.45) is 0 Å². The fourth-order valence-electron chi connectivity index (χ4n) is 1.96. The maximum Gasteiger partial charge on any atom is 0.323 e. The van der Waals surface area contributed by atoms with Crippen LogP contribution in [0.2, 0.25) is 0 Å². The molecule has 1 aromatic heterocycles. The van der Waals surface area contributed by atoms with E-state index >= 15 is 0 Å². The molecule has 0 amide bonds. The van der Waals surface area contributed by atoms with Gasteiger partial charge in [-0.2, -0.15) is 15.0 Å². The maximum absolute atomic E-state index is 5.72. The quantitative estimate of drug-likeness (QED) is 0.846. The van der Waals surface area contributed by atoms with Crippen LogP contribution in [-0.4, -0.2) is 47.4 Å². The van der Waals surface area contributed by atoms with E-state index < -0.39 is 0 Å². The molecule has 0 spiro atoms. The third-order valence-corrected chi connectivity index (χ3v) is 2.92. The molecular formula is C12H21N5O2. The number of ether oxygens (including phenoxy) is 2. The lowest BCUT2D eigenvalue weighted by molar-refractivity contribution is 0.121. The summed E-state index contributed by atoms with van der Waals surface area (Å²) in [5.74, 6) is 0.754. The monoisotopic (exact) mass is 267 g/mol. The highest BCUT2D eigenvalue weighted by atomic mass is 16.5. The molecule has 1 aromatic rings. The van der Waals surface area contributed by atoms with Gasteiger partial charge in [-0.15, -0.1) is 0 Å². The van der Waals surface area contributed by atoms with Crippen molar-refractivity contribution in [2.45, 2.75) is 32.8 Å². The SMILES string of the molecule is CCCC(C)Oc1nc(N)nc(N2CCOCC2)n1. The van der Waals surface area contributed by atoms with Crippen molar-refractivity contribution in [3.8, 4) is 6.01 Å². The van der Waals surface area contributed by atoms with Crippen molar-refractivity contribution in [3.63, 3.8) is 0 Å². The van der Waals surface area contributed by atoms with E-state index in [0.717, 1.165) is 25.9 Å². The number of morpholine rings is 1. The van der Waals surface area contributed by atoms with Gasteiger partial charge in [0.2, 0.25) is 11.9 Å². The van der Waals surface area contributed by atoms with E-state index in [1.165, 1.54) is 0 Å². The Morgan fingerprint density at radius 1 is 1.32 bits per heavy atom. The van der Waals surface area contributed by atoms with Crippen LogP contribution in [-0.2, 0) is 4.74 Å². The van der Waals surface area contributed by atoms with Gasteiger partial charge in [0.15, 0.2) is 0 Å². The summed E-state index contributed by atoms with van der Waals surface area (Å²) in [5, 5.41) is 0. The van der Waals surface area contributed by atoms with Gasteiger partial charge in [-0.1, -0.05) is 13.3 Å². The first-order valence-corrected chi connectivity index (χ1v) is 6.70. The smallest absolute Gasteiger partial charge is 0.323 e. The van der Waals surface area contributed by atoms with Crippen LogP contribution in [0.4, 0.5) is 11.9 Å². The van der Waals surface area contributed by atoms with E-state index in [1.807, 2.05) is 11.8 Å². The molecule has 1 fully saturated rings.